The molecule has 0 aromatic rings. The number of rotatable bonds is 3. The molecule has 6 nitrogen and oxygen atoms in total. The van der Waals surface area contributed by atoms with Crippen LogP contribution in [0.3, 0.4) is 0 Å². The van der Waals surface area contributed by atoms with Gasteiger partial charge >= 0.3 is 12.0 Å². The number of nitrogens with one attached hydrogen (secondary N) is 1. The predicted molar refractivity (Wildman–Crippen MR) is 67.5 cm³/mol. The first kappa shape index (κ1) is 13.8. The van der Waals surface area contributed by atoms with E-state index in [0.717, 1.165) is 17.7 Å². The number of hydrogen-bond donors (Lipinski definition) is 2. The third-order valence-electron chi connectivity index (χ3n) is 4.16. The Morgan fingerprint density at radius 3 is 2.47 bits per heavy atom. The second kappa shape index (κ2) is 5.59. The second-order valence-electron chi connectivity index (χ2n) is 5.46. The van der Waals surface area contributed by atoms with Crippen molar-refractivity contribution in [1.29, 1.82) is 0 Å². The third kappa shape index (κ3) is 2.88. The lowest BCUT2D eigenvalue weighted by atomic mass is 9.84. The van der Waals surface area contributed by atoms with Gasteiger partial charge in [0.15, 0.2) is 0 Å². The molecule has 0 spiro atoms. The number of carboxylic acids is 1. The maximum Gasteiger partial charge on any atom is 0.327 e. The lowest BCUT2D eigenvalue weighted by Crippen LogP contribution is -2.63. The first-order valence-corrected chi connectivity index (χ1v) is 6.86. The highest BCUT2D eigenvalue weighted by molar-refractivity contribution is 6.05. The molecule has 6 heteroatoms. The van der Waals surface area contributed by atoms with Crippen LogP contribution in [0.15, 0.2) is 0 Å². The van der Waals surface area contributed by atoms with Crippen molar-refractivity contribution >= 4 is 17.9 Å². The highest BCUT2D eigenvalue weighted by Crippen LogP contribution is 2.27. The average molecular weight is 268 g/mol. The Bertz CT molecular complexity index is 390. The molecule has 2 fully saturated rings. The van der Waals surface area contributed by atoms with Crippen molar-refractivity contribution in [2.75, 3.05) is 0 Å². The van der Waals surface area contributed by atoms with Crippen LogP contribution in [0.5, 0.6) is 0 Å². The number of carbonyl (C=O) groups excluding carboxylic acids is 2. The van der Waals surface area contributed by atoms with E-state index < -0.39 is 23.9 Å². The normalized spacial score (nSPS) is 25.6. The standard InChI is InChI=1S/C13H20N2O4/c1-8(9-5-3-2-4-6-9)14-13(19)15-10(12(17)18)7-11(15)16/h8-10H,2-7H2,1H3,(H,14,19)(H,17,18). The van der Waals surface area contributed by atoms with Gasteiger partial charge in [-0.05, 0) is 25.7 Å². The molecule has 3 amide bonds. The molecule has 0 bridgehead atoms. The quantitative estimate of drug-likeness (QED) is 0.756. The molecular formula is C13H20N2O4. The van der Waals surface area contributed by atoms with Gasteiger partial charge in [0.2, 0.25) is 5.91 Å². The van der Waals surface area contributed by atoms with Crippen LogP contribution in [0.25, 0.3) is 0 Å². The van der Waals surface area contributed by atoms with Crippen molar-refractivity contribution in [2.45, 2.75) is 57.5 Å². The molecule has 2 aliphatic rings. The molecule has 0 radical (unpaired) electrons. The summed E-state index contributed by atoms with van der Waals surface area (Å²) in [7, 11) is 0. The number of carbonyl (C=O) groups is 3. The molecule has 106 valence electrons. The van der Waals surface area contributed by atoms with E-state index in [2.05, 4.69) is 5.32 Å². The Morgan fingerprint density at radius 1 is 1.32 bits per heavy atom. The summed E-state index contributed by atoms with van der Waals surface area (Å²) in [5.41, 5.74) is 0. The number of carboxylic acid groups (broad SMARTS) is 1. The molecule has 1 saturated heterocycles. The molecule has 2 atom stereocenters. The molecule has 0 aromatic carbocycles. The third-order valence-corrected chi connectivity index (χ3v) is 4.16. The summed E-state index contributed by atoms with van der Waals surface area (Å²) < 4.78 is 0. The van der Waals surface area contributed by atoms with Crippen molar-refractivity contribution < 1.29 is 19.5 Å². The van der Waals surface area contributed by atoms with Gasteiger partial charge < -0.3 is 10.4 Å². The van der Waals surface area contributed by atoms with Crippen molar-refractivity contribution in [3.63, 3.8) is 0 Å². The number of hydrogen-bond acceptors (Lipinski definition) is 3. The minimum atomic E-state index is -1.12. The van der Waals surface area contributed by atoms with Gasteiger partial charge in [-0.2, -0.15) is 0 Å². The van der Waals surface area contributed by atoms with Gasteiger partial charge in [0.1, 0.15) is 6.04 Å². The number of likely N-dealkylation sites (tertiary alicyclic amines) is 1. The fourth-order valence-electron chi connectivity index (χ4n) is 2.89. The van der Waals surface area contributed by atoms with Gasteiger partial charge in [0.05, 0.1) is 6.42 Å². The van der Waals surface area contributed by atoms with Gasteiger partial charge in [-0.25, -0.2) is 14.5 Å². The van der Waals surface area contributed by atoms with Crippen LogP contribution in [0.1, 0.15) is 45.4 Å². The zero-order valence-corrected chi connectivity index (χ0v) is 11.1. The van der Waals surface area contributed by atoms with Gasteiger partial charge in [0, 0.05) is 6.04 Å². The molecule has 1 aliphatic carbocycles. The smallest absolute Gasteiger partial charge is 0.327 e. The molecular weight excluding hydrogens is 248 g/mol. The fourth-order valence-corrected chi connectivity index (χ4v) is 2.89. The maximum atomic E-state index is 11.9. The first-order chi connectivity index (χ1) is 9.00. The van der Waals surface area contributed by atoms with Crippen LogP contribution in [0.2, 0.25) is 0 Å². The summed E-state index contributed by atoms with van der Waals surface area (Å²) >= 11 is 0. The van der Waals surface area contributed by atoms with Gasteiger partial charge in [-0.15, -0.1) is 0 Å². The van der Waals surface area contributed by atoms with Crippen molar-refractivity contribution in [2.24, 2.45) is 5.92 Å². The number of amides is 3. The van der Waals surface area contributed by atoms with E-state index in [0.29, 0.717) is 5.92 Å². The van der Waals surface area contributed by atoms with Crippen molar-refractivity contribution in [1.82, 2.24) is 10.2 Å². The lowest BCUT2D eigenvalue weighted by molar-refractivity contribution is -0.157. The molecule has 1 saturated carbocycles. The SMILES string of the molecule is CC(NC(=O)N1C(=O)CC1C(=O)O)C1CCCCC1. The molecule has 1 aliphatic heterocycles. The summed E-state index contributed by atoms with van der Waals surface area (Å²) in [6.07, 6.45) is 5.66. The second-order valence-corrected chi connectivity index (χ2v) is 5.46. The summed E-state index contributed by atoms with van der Waals surface area (Å²) in [6.45, 7) is 1.92. The summed E-state index contributed by atoms with van der Waals surface area (Å²) in [5.74, 6) is -1.11. The first-order valence-electron chi connectivity index (χ1n) is 6.86. The Hall–Kier alpha value is -1.59. The number of imide groups is 1. The largest absolute Gasteiger partial charge is 0.480 e. The number of nitrogens with zero attached hydrogens (tertiary/aromatic N) is 1. The van der Waals surface area contributed by atoms with Crippen LogP contribution in [0.4, 0.5) is 4.79 Å². The van der Waals surface area contributed by atoms with E-state index in [1.54, 1.807) is 0 Å². The molecule has 0 aromatic heterocycles. The highest BCUT2D eigenvalue weighted by Gasteiger charge is 2.46. The summed E-state index contributed by atoms with van der Waals surface area (Å²) in [6, 6.07) is -1.58. The van der Waals surface area contributed by atoms with Crippen LogP contribution >= 0.6 is 0 Å². The van der Waals surface area contributed by atoms with E-state index in [-0.39, 0.29) is 12.5 Å². The molecule has 1 heterocycles. The summed E-state index contributed by atoms with van der Waals surface area (Å²) in [4.78, 5) is 35.0. The Morgan fingerprint density at radius 2 is 1.95 bits per heavy atom. The minimum Gasteiger partial charge on any atom is -0.480 e. The van der Waals surface area contributed by atoms with E-state index in [1.165, 1.54) is 19.3 Å². The molecule has 2 N–H and O–H groups in total. The minimum absolute atomic E-state index is 0.0179. The topological polar surface area (TPSA) is 86.7 Å². The van der Waals surface area contributed by atoms with Gasteiger partial charge in [-0.3, -0.25) is 4.79 Å². The lowest BCUT2D eigenvalue weighted by Gasteiger charge is -2.37. The van der Waals surface area contributed by atoms with Crippen molar-refractivity contribution in [3.8, 4) is 0 Å². The van der Waals surface area contributed by atoms with E-state index >= 15 is 0 Å². The molecule has 2 rings (SSSR count). The van der Waals surface area contributed by atoms with Crippen LogP contribution in [0, 0.1) is 5.92 Å². The van der Waals surface area contributed by atoms with E-state index in [1.807, 2.05) is 6.92 Å². The predicted octanol–water partition coefficient (Wildman–Crippen LogP) is 1.35. The highest BCUT2D eigenvalue weighted by atomic mass is 16.4. The van der Waals surface area contributed by atoms with E-state index in [4.69, 9.17) is 5.11 Å². The zero-order chi connectivity index (χ0) is 14.0. The van der Waals surface area contributed by atoms with Crippen LogP contribution < -0.4 is 5.32 Å². The zero-order valence-electron chi connectivity index (χ0n) is 11.1. The number of aliphatic carboxylic acids is 1. The number of urea groups is 1. The van der Waals surface area contributed by atoms with E-state index in [9.17, 15) is 14.4 Å². The van der Waals surface area contributed by atoms with Crippen LogP contribution in [-0.2, 0) is 9.59 Å². The Balaban J connectivity index is 1.89. The van der Waals surface area contributed by atoms with Crippen LogP contribution in [-0.4, -0.2) is 40.0 Å². The molecule has 19 heavy (non-hydrogen) atoms. The number of β-lactam (4-membered cyclic amide) rings is 1. The van der Waals surface area contributed by atoms with Gasteiger partial charge in [0.25, 0.3) is 0 Å². The maximum absolute atomic E-state index is 11.9. The fraction of sp³-hybridized carbons (Fsp3) is 0.769. The monoisotopic (exact) mass is 268 g/mol. The van der Waals surface area contributed by atoms with Gasteiger partial charge in [-0.1, -0.05) is 19.3 Å². The Kier molecular flexibility index (Phi) is 4.07. The summed E-state index contributed by atoms with van der Waals surface area (Å²) in [5, 5.41) is 11.6. The van der Waals surface area contributed by atoms with Crippen molar-refractivity contribution in [3.05, 3.63) is 0 Å². The Labute approximate surface area is 112 Å². The molecule has 2 unspecified atom stereocenters. The average Bonchev–Trinajstić information content (AvgIpc) is 2.36.